The molecule has 0 N–H and O–H groups in total. The summed E-state index contributed by atoms with van der Waals surface area (Å²) in [5.41, 5.74) is 1.40. The van der Waals surface area contributed by atoms with Crippen LogP contribution in [0.15, 0.2) is 24.3 Å². The van der Waals surface area contributed by atoms with Crippen LogP contribution in [-0.2, 0) is 21.1 Å². The minimum atomic E-state index is -3.00. The first kappa shape index (κ1) is 16.5. The Balaban J connectivity index is 2.07. The molecule has 2 rings (SSSR count). The molecular weight excluding hydrogens is 300 g/mol. The number of benzene rings is 1. The molecule has 1 amide bonds. The van der Waals surface area contributed by atoms with Gasteiger partial charge in [0.15, 0.2) is 9.84 Å². The lowest BCUT2D eigenvalue weighted by molar-refractivity contribution is -0.132. The molecule has 1 aliphatic rings. The summed E-state index contributed by atoms with van der Waals surface area (Å²) in [5, 5.41) is 8.78. The highest BCUT2D eigenvalue weighted by Gasteiger charge is 2.34. The molecular formula is C16H20N2O3S. The van der Waals surface area contributed by atoms with E-state index in [-0.39, 0.29) is 29.9 Å². The van der Waals surface area contributed by atoms with Crippen molar-refractivity contribution < 1.29 is 13.2 Å². The third kappa shape index (κ3) is 4.08. The first-order chi connectivity index (χ1) is 10.4. The summed E-state index contributed by atoms with van der Waals surface area (Å²) in [7, 11) is -3.00. The molecule has 6 heteroatoms. The van der Waals surface area contributed by atoms with Crippen molar-refractivity contribution in [2.75, 3.05) is 18.1 Å². The number of hydrogen-bond acceptors (Lipinski definition) is 4. The SMILES string of the molecule is CCCN(C(=O)Cc1ccc(C#N)cc1)[C@H]1CCS(=O)(=O)C1. The number of hydrogen-bond donors (Lipinski definition) is 0. The van der Waals surface area contributed by atoms with Gasteiger partial charge in [-0.1, -0.05) is 19.1 Å². The lowest BCUT2D eigenvalue weighted by Gasteiger charge is -2.28. The zero-order valence-electron chi connectivity index (χ0n) is 12.7. The van der Waals surface area contributed by atoms with Crippen LogP contribution >= 0.6 is 0 Å². The zero-order valence-corrected chi connectivity index (χ0v) is 13.5. The van der Waals surface area contributed by atoms with Gasteiger partial charge in [-0.3, -0.25) is 4.79 Å². The molecule has 0 saturated carbocycles. The largest absolute Gasteiger partial charge is 0.338 e. The Labute approximate surface area is 131 Å². The van der Waals surface area contributed by atoms with Crippen LogP contribution in [0.2, 0.25) is 0 Å². The number of sulfone groups is 1. The van der Waals surface area contributed by atoms with Crippen LogP contribution in [0.3, 0.4) is 0 Å². The zero-order chi connectivity index (χ0) is 16.2. The molecule has 5 nitrogen and oxygen atoms in total. The van der Waals surface area contributed by atoms with Crippen molar-refractivity contribution in [1.29, 1.82) is 5.26 Å². The summed E-state index contributed by atoms with van der Waals surface area (Å²) in [5.74, 6) is 0.197. The van der Waals surface area contributed by atoms with Crippen LogP contribution in [0, 0.1) is 11.3 Å². The van der Waals surface area contributed by atoms with Gasteiger partial charge in [0.2, 0.25) is 5.91 Å². The summed E-state index contributed by atoms with van der Waals surface area (Å²) in [6.45, 7) is 2.56. The maximum Gasteiger partial charge on any atom is 0.227 e. The molecule has 1 heterocycles. The van der Waals surface area contributed by atoms with Crippen LogP contribution in [0.1, 0.15) is 30.9 Å². The van der Waals surface area contributed by atoms with Crippen LogP contribution < -0.4 is 0 Å². The quantitative estimate of drug-likeness (QED) is 0.824. The Bertz CT molecular complexity index is 674. The highest BCUT2D eigenvalue weighted by atomic mass is 32.2. The first-order valence-corrected chi connectivity index (χ1v) is 9.26. The fourth-order valence-electron chi connectivity index (χ4n) is 2.75. The van der Waals surface area contributed by atoms with Gasteiger partial charge in [0.1, 0.15) is 0 Å². The van der Waals surface area contributed by atoms with E-state index < -0.39 is 9.84 Å². The Morgan fingerprint density at radius 1 is 1.36 bits per heavy atom. The monoisotopic (exact) mass is 320 g/mol. The molecule has 22 heavy (non-hydrogen) atoms. The third-order valence-corrected chi connectivity index (χ3v) is 5.62. The smallest absolute Gasteiger partial charge is 0.227 e. The van der Waals surface area contributed by atoms with Crippen molar-refractivity contribution in [3.8, 4) is 6.07 Å². The van der Waals surface area contributed by atoms with Crippen LogP contribution in [0.4, 0.5) is 0 Å². The van der Waals surface area contributed by atoms with Crippen LogP contribution in [0.5, 0.6) is 0 Å². The van der Waals surface area contributed by atoms with E-state index >= 15 is 0 Å². The van der Waals surface area contributed by atoms with E-state index in [0.29, 0.717) is 18.5 Å². The molecule has 1 aromatic rings. The molecule has 0 spiro atoms. The molecule has 0 aromatic heterocycles. The van der Waals surface area contributed by atoms with Crippen molar-refractivity contribution in [3.63, 3.8) is 0 Å². The van der Waals surface area contributed by atoms with Crippen LogP contribution in [0.25, 0.3) is 0 Å². The fourth-order valence-corrected chi connectivity index (χ4v) is 4.48. The summed E-state index contributed by atoms with van der Waals surface area (Å²) < 4.78 is 23.3. The van der Waals surface area contributed by atoms with E-state index in [2.05, 4.69) is 0 Å². The molecule has 0 radical (unpaired) electrons. The van der Waals surface area contributed by atoms with Crippen molar-refractivity contribution in [3.05, 3.63) is 35.4 Å². The first-order valence-electron chi connectivity index (χ1n) is 7.44. The Morgan fingerprint density at radius 2 is 2.05 bits per heavy atom. The molecule has 1 aliphatic heterocycles. The predicted molar refractivity (Wildman–Crippen MR) is 83.9 cm³/mol. The molecule has 1 fully saturated rings. The minimum absolute atomic E-state index is 0.0475. The second-order valence-electron chi connectivity index (χ2n) is 5.63. The van der Waals surface area contributed by atoms with Crippen molar-refractivity contribution >= 4 is 15.7 Å². The molecule has 1 atom stereocenters. The fraction of sp³-hybridized carbons (Fsp3) is 0.500. The highest BCUT2D eigenvalue weighted by molar-refractivity contribution is 7.91. The van der Waals surface area contributed by atoms with Crippen molar-refractivity contribution in [2.45, 2.75) is 32.2 Å². The maximum absolute atomic E-state index is 12.5. The number of amides is 1. The van der Waals surface area contributed by atoms with Crippen molar-refractivity contribution in [2.24, 2.45) is 0 Å². The normalized spacial score (nSPS) is 19.5. The third-order valence-electron chi connectivity index (χ3n) is 3.87. The average molecular weight is 320 g/mol. The van der Waals surface area contributed by atoms with E-state index in [4.69, 9.17) is 5.26 Å². The summed E-state index contributed by atoms with van der Waals surface area (Å²) in [6.07, 6.45) is 1.57. The molecule has 0 aliphatic carbocycles. The Morgan fingerprint density at radius 3 is 2.55 bits per heavy atom. The van der Waals surface area contributed by atoms with E-state index in [9.17, 15) is 13.2 Å². The van der Waals surface area contributed by atoms with E-state index in [1.54, 1.807) is 29.2 Å². The lowest BCUT2D eigenvalue weighted by atomic mass is 10.1. The van der Waals surface area contributed by atoms with Gasteiger partial charge in [-0.05, 0) is 30.5 Å². The van der Waals surface area contributed by atoms with Gasteiger partial charge in [0.05, 0.1) is 29.6 Å². The topological polar surface area (TPSA) is 78.2 Å². The second-order valence-corrected chi connectivity index (χ2v) is 7.86. The van der Waals surface area contributed by atoms with E-state index in [0.717, 1.165) is 12.0 Å². The maximum atomic E-state index is 12.5. The van der Waals surface area contributed by atoms with Gasteiger partial charge in [0.25, 0.3) is 0 Å². The van der Waals surface area contributed by atoms with E-state index in [1.165, 1.54) is 0 Å². The molecule has 1 saturated heterocycles. The number of carbonyl (C=O) groups is 1. The Kier molecular flexibility index (Phi) is 5.19. The summed E-state index contributed by atoms with van der Waals surface area (Å²) in [6, 6.07) is 8.76. The molecule has 1 aromatic carbocycles. The van der Waals surface area contributed by atoms with Gasteiger partial charge >= 0.3 is 0 Å². The van der Waals surface area contributed by atoms with Crippen molar-refractivity contribution in [1.82, 2.24) is 4.90 Å². The second kappa shape index (κ2) is 6.93. The van der Waals surface area contributed by atoms with Gasteiger partial charge in [-0.15, -0.1) is 0 Å². The van der Waals surface area contributed by atoms with Gasteiger partial charge in [-0.2, -0.15) is 5.26 Å². The van der Waals surface area contributed by atoms with Crippen LogP contribution in [-0.4, -0.2) is 43.3 Å². The number of nitriles is 1. The predicted octanol–water partition coefficient (Wildman–Crippen LogP) is 1.53. The Hall–Kier alpha value is -1.87. The minimum Gasteiger partial charge on any atom is -0.338 e. The van der Waals surface area contributed by atoms with E-state index in [1.807, 2.05) is 13.0 Å². The summed E-state index contributed by atoms with van der Waals surface area (Å²) in [4.78, 5) is 14.2. The highest BCUT2D eigenvalue weighted by Crippen LogP contribution is 2.19. The number of nitrogens with zero attached hydrogens (tertiary/aromatic N) is 2. The molecule has 0 bridgehead atoms. The summed E-state index contributed by atoms with van der Waals surface area (Å²) >= 11 is 0. The molecule has 118 valence electrons. The molecule has 0 unspecified atom stereocenters. The number of carbonyl (C=O) groups excluding carboxylic acids is 1. The standard InChI is InChI=1S/C16H20N2O3S/c1-2-8-18(15-7-9-22(20,21)12-15)16(19)10-13-3-5-14(11-17)6-4-13/h3-6,15H,2,7-10,12H2,1H3/t15-/m0/s1. The van der Waals surface area contributed by atoms with Gasteiger partial charge in [-0.25, -0.2) is 8.42 Å². The van der Waals surface area contributed by atoms with Gasteiger partial charge in [0, 0.05) is 12.6 Å². The number of rotatable bonds is 5. The van der Waals surface area contributed by atoms with Gasteiger partial charge < -0.3 is 4.90 Å². The average Bonchev–Trinajstić information content (AvgIpc) is 2.85. The lowest BCUT2D eigenvalue weighted by Crippen LogP contribution is -2.42.